The van der Waals surface area contributed by atoms with Crippen molar-refractivity contribution in [2.75, 3.05) is 11.9 Å². The number of hydrogen-bond acceptors (Lipinski definition) is 6. The number of anilines is 1. The Balaban J connectivity index is 1.47. The van der Waals surface area contributed by atoms with Crippen molar-refractivity contribution in [1.82, 2.24) is 4.98 Å². The molecule has 1 heterocycles. The number of benzene rings is 2. The van der Waals surface area contributed by atoms with Crippen LogP contribution >= 0.6 is 39.0 Å². The van der Waals surface area contributed by atoms with Crippen molar-refractivity contribution in [2.45, 2.75) is 17.6 Å². The Morgan fingerprint density at radius 1 is 1.18 bits per heavy atom. The third kappa shape index (κ3) is 5.92. The van der Waals surface area contributed by atoms with Gasteiger partial charge >= 0.3 is 5.97 Å². The first kappa shape index (κ1) is 20.6. The number of halogens is 1. The van der Waals surface area contributed by atoms with E-state index in [4.69, 9.17) is 4.74 Å². The van der Waals surface area contributed by atoms with E-state index in [1.165, 1.54) is 0 Å². The molecule has 144 valence electrons. The number of amides is 1. The quantitative estimate of drug-likeness (QED) is 0.370. The third-order valence-corrected chi connectivity index (χ3v) is 6.19. The van der Waals surface area contributed by atoms with Crippen LogP contribution in [0, 0.1) is 6.92 Å². The number of nitrogens with zero attached hydrogens (tertiary/aromatic N) is 1. The Labute approximate surface area is 179 Å². The van der Waals surface area contributed by atoms with Gasteiger partial charge in [0.15, 0.2) is 6.61 Å². The molecule has 5 nitrogen and oxygen atoms in total. The Kier molecular flexibility index (Phi) is 7.24. The van der Waals surface area contributed by atoms with Crippen LogP contribution in [0.5, 0.6) is 0 Å². The fourth-order valence-electron chi connectivity index (χ4n) is 2.28. The number of para-hydroxylation sites is 1. The molecule has 1 amide bonds. The summed E-state index contributed by atoms with van der Waals surface area (Å²) >= 11 is 6.63. The average molecular weight is 477 g/mol. The molecule has 0 saturated heterocycles. The molecule has 0 aliphatic rings. The van der Waals surface area contributed by atoms with Crippen LogP contribution in [0.1, 0.15) is 21.1 Å². The molecule has 1 aromatic heterocycles. The molecule has 0 radical (unpaired) electrons. The smallest absolute Gasteiger partial charge is 0.338 e. The highest BCUT2D eigenvalue weighted by Gasteiger charge is 2.11. The van der Waals surface area contributed by atoms with Crippen LogP contribution < -0.4 is 5.32 Å². The fraction of sp³-hybridized carbons (Fsp3) is 0.150. The molecule has 0 atom stereocenters. The number of ether oxygens (including phenoxy) is 1. The van der Waals surface area contributed by atoms with Crippen molar-refractivity contribution in [3.05, 3.63) is 74.6 Å². The molecular weight excluding hydrogens is 460 g/mol. The molecule has 0 saturated carbocycles. The fourth-order valence-corrected chi connectivity index (χ4v) is 4.18. The van der Waals surface area contributed by atoms with Crippen LogP contribution in [0.3, 0.4) is 0 Å². The van der Waals surface area contributed by atoms with Gasteiger partial charge in [0, 0.05) is 20.5 Å². The normalized spacial score (nSPS) is 10.5. The molecule has 0 aliphatic heterocycles. The zero-order valence-corrected chi connectivity index (χ0v) is 18.2. The molecule has 8 heteroatoms. The molecule has 0 unspecified atom stereocenters. The third-order valence-electron chi connectivity index (χ3n) is 3.63. The average Bonchev–Trinajstić information content (AvgIpc) is 3.12. The zero-order chi connectivity index (χ0) is 19.9. The summed E-state index contributed by atoms with van der Waals surface area (Å²) in [5.41, 5.74) is 2.08. The lowest BCUT2D eigenvalue weighted by Crippen LogP contribution is -2.21. The number of rotatable bonds is 7. The highest BCUT2D eigenvalue weighted by Crippen LogP contribution is 2.24. The maximum absolute atomic E-state index is 12.1. The molecule has 2 aromatic carbocycles. The molecule has 0 aliphatic carbocycles. The Bertz CT molecular complexity index is 974. The van der Waals surface area contributed by atoms with Crippen LogP contribution in [0.15, 0.2) is 63.3 Å². The topological polar surface area (TPSA) is 68.3 Å². The van der Waals surface area contributed by atoms with Gasteiger partial charge in [0.2, 0.25) is 0 Å². The molecular formula is C20H17BrN2O3S2. The van der Waals surface area contributed by atoms with Gasteiger partial charge in [-0.05, 0) is 59.3 Å². The summed E-state index contributed by atoms with van der Waals surface area (Å²) in [6, 6.07) is 14.3. The van der Waals surface area contributed by atoms with E-state index in [2.05, 4.69) is 26.2 Å². The summed E-state index contributed by atoms with van der Waals surface area (Å²) in [6.07, 6.45) is 0. The van der Waals surface area contributed by atoms with E-state index in [0.717, 1.165) is 25.8 Å². The predicted octanol–water partition coefficient (Wildman–Crippen LogP) is 5.30. The number of thioether (sulfide) groups is 1. The summed E-state index contributed by atoms with van der Waals surface area (Å²) in [5, 5.41) is 5.79. The van der Waals surface area contributed by atoms with E-state index in [0.29, 0.717) is 11.3 Å². The summed E-state index contributed by atoms with van der Waals surface area (Å²) in [6.45, 7) is 1.64. The number of carbonyl (C=O) groups is 2. The van der Waals surface area contributed by atoms with Crippen LogP contribution in [0.25, 0.3) is 0 Å². The highest BCUT2D eigenvalue weighted by atomic mass is 79.9. The number of nitrogens with one attached hydrogen (secondary N) is 1. The second kappa shape index (κ2) is 9.86. The Morgan fingerprint density at radius 3 is 2.61 bits per heavy atom. The minimum absolute atomic E-state index is 0.347. The first-order valence-electron chi connectivity index (χ1n) is 8.36. The van der Waals surface area contributed by atoms with Gasteiger partial charge in [-0.2, -0.15) is 0 Å². The summed E-state index contributed by atoms with van der Waals surface area (Å²) < 4.78 is 5.85. The van der Waals surface area contributed by atoms with Crippen molar-refractivity contribution in [3.63, 3.8) is 0 Å². The van der Waals surface area contributed by atoms with Gasteiger partial charge in [0.25, 0.3) is 5.91 Å². The van der Waals surface area contributed by atoms with E-state index in [-0.39, 0.29) is 6.61 Å². The van der Waals surface area contributed by atoms with Gasteiger partial charge < -0.3 is 10.1 Å². The van der Waals surface area contributed by atoms with Crippen molar-refractivity contribution in [3.8, 4) is 0 Å². The number of carbonyl (C=O) groups excluding carboxylic acids is 2. The van der Waals surface area contributed by atoms with Crippen LogP contribution in [0.4, 0.5) is 5.69 Å². The van der Waals surface area contributed by atoms with E-state index >= 15 is 0 Å². The number of hydrogen-bond donors (Lipinski definition) is 1. The van der Waals surface area contributed by atoms with Crippen molar-refractivity contribution >= 4 is 56.6 Å². The first-order valence-corrected chi connectivity index (χ1v) is 11.0. The zero-order valence-electron chi connectivity index (χ0n) is 15.0. The molecule has 1 N–H and O–H groups in total. The highest BCUT2D eigenvalue weighted by molar-refractivity contribution is 9.10. The van der Waals surface area contributed by atoms with Crippen molar-refractivity contribution < 1.29 is 14.3 Å². The standard InChI is InChI=1S/C20H17BrN2O3S2/c1-13-22-15(11-27-13)12-28-16-8-6-14(7-9-16)20(25)26-10-19(24)23-18-5-3-2-4-17(18)21/h2-9,11H,10,12H2,1H3,(H,23,24). The number of thiazole rings is 1. The van der Waals surface area contributed by atoms with Gasteiger partial charge in [0.05, 0.1) is 22.0 Å². The number of aryl methyl sites for hydroxylation is 1. The minimum Gasteiger partial charge on any atom is -0.452 e. The number of esters is 1. The maximum atomic E-state index is 12.1. The predicted molar refractivity (Wildman–Crippen MR) is 116 cm³/mol. The van der Waals surface area contributed by atoms with E-state index in [1.807, 2.05) is 42.6 Å². The Morgan fingerprint density at radius 2 is 1.93 bits per heavy atom. The van der Waals surface area contributed by atoms with E-state index in [1.54, 1.807) is 41.3 Å². The van der Waals surface area contributed by atoms with Crippen LogP contribution in [-0.2, 0) is 15.3 Å². The summed E-state index contributed by atoms with van der Waals surface area (Å²) in [5.74, 6) is -0.150. The second-order valence-corrected chi connectivity index (χ2v) is 8.74. The molecule has 28 heavy (non-hydrogen) atoms. The summed E-state index contributed by atoms with van der Waals surface area (Å²) in [7, 11) is 0. The van der Waals surface area contributed by atoms with Crippen molar-refractivity contribution in [1.29, 1.82) is 0 Å². The Hall–Kier alpha value is -2.16. The molecule has 3 aromatic rings. The van der Waals surface area contributed by atoms with Gasteiger partial charge in [-0.1, -0.05) is 12.1 Å². The lowest BCUT2D eigenvalue weighted by molar-refractivity contribution is -0.119. The molecule has 3 rings (SSSR count). The van der Waals surface area contributed by atoms with Crippen LogP contribution in [-0.4, -0.2) is 23.5 Å². The van der Waals surface area contributed by atoms with Crippen LogP contribution in [0.2, 0.25) is 0 Å². The summed E-state index contributed by atoms with van der Waals surface area (Å²) in [4.78, 5) is 29.6. The van der Waals surface area contributed by atoms with Gasteiger partial charge in [-0.15, -0.1) is 23.1 Å². The molecule has 0 fully saturated rings. The first-order chi connectivity index (χ1) is 13.5. The van der Waals surface area contributed by atoms with E-state index in [9.17, 15) is 9.59 Å². The maximum Gasteiger partial charge on any atom is 0.338 e. The molecule has 0 spiro atoms. The van der Waals surface area contributed by atoms with E-state index < -0.39 is 11.9 Å². The van der Waals surface area contributed by atoms with Gasteiger partial charge in [0.1, 0.15) is 0 Å². The lowest BCUT2D eigenvalue weighted by atomic mass is 10.2. The van der Waals surface area contributed by atoms with Gasteiger partial charge in [-0.25, -0.2) is 9.78 Å². The minimum atomic E-state index is -0.533. The largest absolute Gasteiger partial charge is 0.452 e. The lowest BCUT2D eigenvalue weighted by Gasteiger charge is -2.08. The second-order valence-electron chi connectivity index (χ2n) is 5.78. The van der Waals surface area contributed by atoms with Crippen molar-refractivity contribution in [2.24, 2.45) is 0 Å². The van der Waals surface area contributed by atoms with Gasteiger partial charge in [-0.3, -0.25) is 4.79 Å². The monoisotopic (exact) mass is 476 g/mol. The molecule has 0 bridgehead atoms. The number of aromatic nitrogens is 1. The SMILES string of the molecule is Cc1nc(CSc2ccc(C(=O)OCC(=O)Nc3ccccc3Br)cc2)cs1.